The summed E-state index contributed by atoms with van der Waals surface area (Å²) in [5.41, 5.74) is 3.09. The SMILES string of the molecule is Cc1ccccc1-n1nc(C(=O)OCC(=O)c2ccccc2)nc1-c1ccccc1. The molecule has 0 aliphatic heterocycles. The van der Waals surface area contributed by atoms with E-state index in [4.69, 9.17) is 4.74 Å². The third-order valence-corrected chi connectivity index (χ3v) is 4.60. The largest absolute Gasteiger partial charge is 0.451 e. The van der Waals surface area contributed by atoms with Gasteiger partial charge < -0.3 is 4.74 Å². The van der Waals surface area contributed by atoms with E-state index in [0.29, 0.717) is 11.4 Å². The molecule has 30 heavy (non-hydrogen) atoms. The van der Waals surface area contributed by atoms with Gasteiger partial charge in [-0.15, -0.1) is 5.10 Å². The number of carbonyl (C=O) groups excluding carboxylic acids is 2. The van der Waals surface area contributed by atoms with E-state index in [9.17, 15) is 9.59 Å². The lowest BCUT2D eigenvalue weighted by Gasteiger charge is -2.08. The third-order valence-electron chi connectivity index (χ3n) is 4.60. The molecule has 1 heterocycles. The number of benzene rings is 3. The summed E-state index contributed by atoms with van der Waals surface area (Å²) in [6.45, 7) is 1.59. The summed E-state index contributed by atoms with van der Waals surface area (Å²) in [6, 6.07) is 25.9. The van der Waals surface area contributed by atoms with Gasteiger partial charge in [-0.2, -0.15) is 0 Å². The van der Waals surface area contributed by atoms with Gasteiger partial charge in [-0.3, -0.25) is 4.79 Å². The van der Waals surface area contributed by atoms with Gasteiger partial charge in [0.25, 0.3) is 5.82 Å². The fourth-order valence-electron chi connectivity index (χ4n) is 3.04. The summed E-state index contributed by atoms with van der Waals surface area (Å²) in [5.74, 6) is -0.612. The first-order chi connectivity index (χ1) is 14.6. The first-order valence-corrected chi connectivity index (χ1v) is 9.47. The van der Waals surface area contributed by atoms with Crippen LogP contribution < -0.4 is 0 Å². The molecular formula is C24H19N3O3. The summed E-state index contributed by atoms with van der Waals surface area (Å²) < 4.78 is 6.81. The molecule has 0 atom stereocenters. The van der Waals surface area contributed by atoms with Crippen molar-refractivity contribution in [3.63, 3.8) is 0 Å². The van der Waals surface area contributed by atoms with Gasteiger partial charge in [0.2, 0.25) is 0 Å². The smallest absolute Gasteiger partial charge is 0.378 e. The average Bonchev–Trinajstić information content (AvgIpc) is 3.24. The molecule has 1 aromatic heterocycles. The number of aryl methyl sites for hydroxylation is 1. The van der Waals surface area contributed by atoms with Crippen molar-refractivity contribution in [1.82, 2.24) is 14.8 Å². The zero-order chi connectivity index (χ0) is 20.9. The summed E-state index contributed by atoms with van der Waals surface area (Å²) in [7, 11) is 0. The van der Waals surface area contributed by atoms with Crippen molar-refractivity contribution in [2.45, 2.75) is 6.92 Å². The van der Waals surface area contributed by atoms with Crippen LogP contribution in [-0.4, -0.2) is 33.1 Å². The van der Waals surface area contributed by atoms with Crippen molar-refractivity contribution >= 4 is 11.8 Å². The maximum Gasteiger partial charge on any atom is 0.378 e. The predicted molar refractivity (Wildman–Crippen MR) is 113 cm³/mol. The van der Waals surface area contributed by atoms with Crippen molar-refractivity contribution < 1.29 is 14.3 Å². The van der Waals surface area contributed by atoms with Crippen LogP contribution in [0.2, 0.25) is 0 Å². The molecule has 0 saturated heterocycles. The van der Waals surface area contributed by atoms with Crippen LogP contribution in [0.3, 0.4) is 0 Å². The van der Waals surface area contributed by atoms with Crippen LogP contribution in [0.4, 0.5) is 0 Å². The molecule has 0 saturated carbocycles. The van der Waals surface area contributed by atoms with E-state index in [1.54, 1.807) is 28.9 Å². The molecule has 3 aromatic carbocycles. The van der Waals surface area contributed by atoms with E-state index in [1.807, 2.05) is 67.6 Å². The van der Waals surface area contributed by atoms with E-state index in [0.717, 1.165) is 16.8 Å². The van der Waals surface area contributed by atoms with Crippen molar-refractivity contribution in [1.29, 1.82) is 0 Å². The van der Waals surface area contributed by atoms with Crippen LogP contribution in [0.5, 0.6) is 0 Å². The topological polar surface area (TPSA) is 74.1 Å². The minimum absolute atomic E-state index is 0.0991. The molecule has 6 heteroatoms. The first kappa shape index (κ1) is 19.3. The van der Waals surface area contributed by atoms with E-state index < -0.39 is 5.97 Å². The predicted octanol–water partition coefficient (Wildman–Crippen LogP) is 4.28. The Kier molecular flexibility index (Phi) is 5.48. The highest BCUT2D eigenvalue weighted by atomic mass is 16.5. The van der Waals surface area contributed by atoms with Crippen molar-refractivity contribution in [3.8, 4) is 17.1 Å². The Hall–Kier alpha value is -4.06. The highest BCUT2D eigenvalue weighted by molar-refractivity contribution is 5.98. The number of rotatable bonds is 6. The van der Waals surface area contributed by atoms with E-state index >= 15 is 0 Å². The van der Waals surface area contributed by atoms with Gasteiger partial charge in [0, 0.05) is 11.1 Å². The fraction of sp³-hybridized carbons (Fsp3) is 0.0833. The van der Waals surface area contributed by atoms with Gasteiger partial charge in [0.1, 0.15) is 0 Å². The molecule has 4 aromatic rings. The molecule has 0 bridgehead atoms. The number of ether oxygens (including phenoxy) is 1. The molecular weight excluding hydrogens is 378 g/mol. The Morgan fingerprint density at radius 1 is 0.867 bits per heavy atom. The summed E-state index contributed by atoms with van der Waals surface area (Å²) in [4.78, 5) is 29.2. The number of esters is 1. The fourth-order valence-corrected chi connectivity index (χ4v) is 3.04. The molecule has 0 N–H and O–H groups in total. The number of carbonyl (C=O) groups is 2. The Morgan fingerprint density at radius 2 is 1.50 bits per heavy atom. The van der Waals surface area contributed by atoms with Gasteiger partial charge in [-0.05, 0) is 18.6 Å². The van der Waals surface area contributed by atoms with Crippen LogP contribution >= 0.6 is 0 Å². The average molecular weight is 397 g/mol. The second-order valence-corrected chi connectivity index (χ2v) is 6.69. The lowest BCUT2D eigenvalue weighted by atomic mass is 10.1. The van der Waals surface area contributed by atoms with Gasteiger partial charge in [-0.1, -0.05) is 78.9 Å². The van der Waals surface area contributed by atoms with Gasteiger partial charge in [0.15, 0.2) is 18.2 Å². The van der Waals surface area contributed by atoms with Crippen LogP contribution in [0.1, 0.15) is 26.5 Å². The number of aromatic nitrogens is 3. The number of nitrogens with zero attached hydrogens (tertiary/aromatic N) is 3. The minimum Gasteiger partial charge on any atom is -0.451 e. The van der Waals surface area contributed by atoms with Crippen LogP contribution in [0.25, 0.3) is 17.1 Å². The minimum atomic E-state index is -0.746. The second kappa shape index (κ2) is 8.53. The lowest BCUT2D eigenvalue weighted by molar-refractivity contribution is 0.0462. The molecule has 148 valence electrons. The Balaban J connectivity index is 1.63. The summed E-state index contributed by atoms with van der Waals surface area (Å²) in [6.07, 6.45) is 0. The standard InChI is InChI=1S/C24H19N3O3/c1-17-10-8-9-15-20(17)27-23(19-13-6-3-7-14-19)25-22(26-27)24(29)30-16-21(28)18-11-4-2-5-12-18/h2-15H,16H2,1H3. The number of para-hydroxylation sites is 1. The maximum atomic E-state index is 12.6. The molecule has 0 radical (unpaired) electrons. The molecule has 0 aliphatic carbocycles. The molecule has 0 spiro atoms. The van der Waals surface area contributed by atoms with Crippen molar-refractivity contribution in [2.75, 3.05) is 6.61 Å². The Morgan fingerprint density at radius 3 is 2.20 bits per heavy atom. The monoisotopic (exact) mass is 397 g/mol. The summed E-state index contributed by atoms with van der Waals surface area (Å²) in [5, 5.41) is 4.39. The van der Waals surface area contributed by atoms with Crippen molar-refractivity contribution in [3.05, 3.63) is 102 Å². The highest BCUT2D eigenvalue weighted by Gasteiger charge is 2.21. The Bertz CT molecular complexity index is 1180. The highest BCUT2D eigenvalue weighted by Crippen LogP contribution is 2.23. The maximum absolute atomic E-state index is 12.6. The van der Waals surface area contributed by atoms with Gasteiger partial charge in [-0.25, -0.2) is 14.5 Å². The zero-order valence-corrected chi connectivity index (χ0v) is 16.4. The molecule has 0 unspecified atom stereocenters. The number of Topliss-reactive ketones (excluding diaryl/α,β-unsaturated/α-hetero) is 1. The zero-order valence-electron chi connectivity index (χ0n) is 16.4. The second-order valence-electron chi connectivity index (χ2n) is 6.69. The van der Waals surface area contributed by atoms with E-state index in [1.165, 1.54) is 0 Å². The number of hydrogen-bond acceptors (Lipinski definition) is 5. The van der Waals surface area contributed by atoms with Crippen LogP contribution in [-0.2, 0) is 4.74 Å². The molecule has 0 aliphatic rings. The van der Waals surface area contributed by atoms with Crippen LogP contribution in [0, 0.1) is 6.92 Å². The number of ketones is 1. The van der Waals surface area contributed by atoms with Gasteiger partial charge in [0.05, 0.1) is 5.69 Å². The van der Waals surface area contributed by atoms with Crippen molar-refractivity contribution in [2.24, 2.45) is 0 Å². The normalized spacial score (nSPS) is 10.6. The first-order valence-electron chi connectivity index (χ1n) is 9.47. The van der Waals surface area contributed by atoms with E-state index in [2.05, 4.69) is 10.1 Å². The summed E-state index contributed by atoms with van der Waals surface area (Å²) >= 11 is 0. The lowest BCUT2D eigenvalue weighted by Crippen LogP contribution is -2.15. The molecule has 0 fully saturated rings. The quantitative estimate of drug-likeness (QED) is 0.359. The molecule has 6 nitrogen and oxygen atoms in total. The van der Waals surface area contributed by atoms with Crippen LogP contribution in [0.15, 0.2) is 84.9 Å². The molecule has 0 amide bonds. The van der Waals surface area contributed by atoms with E-state index in [-0.39, 0.29) is 18.2 Å². The third kappa shape index (κ3) is 4.03. The number of hydrogen-bond donors (Lipinski definition) is 0. The van der Waals surface area contributed by atoms with Gasteiger partial charge >= 0.3 is 5.97 Å². The Labute approximate surface area is 173 Å². The molecule has 4 rings (SSSR count).